The molecule has 0 saturated carbocycles. The van der Waals surface area contributed by atoms with Gasteiger partial charge in [0.15, 0.2) is 0 Å². The Bertz CT molecular complexity index is 2260. The van der Waals surface area contributed by atoms with Gasteiger partial charge < -0.3 is 0 Å². The van der Waals surface area contributed by atoms with E-state index in [9.17, 15) is 0 Å². The summed E-state index contributed by atoms with van der Waals surface area (Å²) in [4.78, 5) is 21.1. The van der Waals surface area contributed by atoms with E-state index in [4.69, 9.17) is 19.9 Å². The molecule has 6 aromatic carbocycles. The van der Waals surface area contributed by atoms with Crippen molar-refractivity contribution in [3.8, 4) is 56.2 Å². The molecule has 0 atom stereocenters. The van der Waals surface area contributed by atoms with Crippen LogP contribution in [0, 0.1) is 0 Å². The largest absolute Gasteiger partial charge is 0.244 e. The molecule has 0 saturated heterocycles. The van der Waals surface area contributed by atoms with Gasteiger partial charge in [-0.3, -0.25) is 0 Å². The van der Waals surface area contributed by atoms with E-state index in [1.807, 2.05) is 91.0 Å². The van der Waals surface area contributed by atoms with Crippen LogP contribution in [-0.2, 0) is 0 Å². The Hall–Kier alpha value is -6.00. The number of nitrogens with zero attached hydrogens (tertiary/aromatic N) is 4. The fourth-order valence-electron chi connectivity index (χ4n) is 5.82. The van der Waals surface area contributed by atoms with Gasteiger partial charge in [0.05, 0.1) is 44.8 Å². The standard InChI is InChI=1S/C40H26N4/c1-4-15-27(16-5-1)30-21-14-22-31(39-37(28-17-6-2-7-18-28)41-32-23-10-12-25-34(32)43-39)36(30)40-38(29-19-8-3-9-20-29)42-33-24-11-13-26-35(33)44-40/h1-26H. The zero-order valence-corrected chi connectivity index (χ0v) is 23.8. The number of hydrogen-bond donors (Lipinski definition) is 0. The second kappa shape index (κ2) is 11.0. The first-order chi connectivity index (χ1) is 21.8. The average Bonchev–Trinajstić information content (AvgIpc) is 3.11. The quantitative estimate of drug-likeness (QED) is 0.209. The summed E-state index contributed by atoms with van der Waals surface area (Å²) in [6, 6.07) is 53.6. The summed E-state index contributed by atoms with van der Waals surface area (Å²) in [6.45, 7) is 0. The van der Waals surface area contributed by atoms with Crippen molar-refractivity contribution in [2.24, 2.45) is 0 Å². The molecule has 44 heavy (non-hydrogen) atoms. The fourth-order valence-corrected chi connectivity index (χ4v) is 5.82. The highest BCUT2D eigenvalue weighted by atomic mass is 14.9. The zero-order chi connectivity index (χ0) is 29.3. The molecule has 4 heteroatoms. The number of aromatic nitrogens is 4. The van der Waals surface area contributed by atoms with Crippen molar-refractivity contribution in [2.45, 2.75) is 0 Å². The van der Waals surface area contributed by atoms with Crippen molar-refractivity contribution in [1.29, 1.82) is 0 Å². The Morgan fingerprint density at radius 2 is 0.614 bits per heavy atom. The monoisotopic (exact) mass is 562 g/mol. The van der Waals surface area contributed by atoms with Crippen molar-refractivity contribution < 1.29 is 0 Å². The first-order valence-electron chi connectivity index (χ1n) is 14.7. The molecule has 4 nitrogen and oxygen atoms in total. The highest BCUT2D eigenvalue weighted by molar-refractivity contribution is 6.01. The molecule has 8 aromatic rings. The molecule has 0 spiro atoms. The van der Waals surface area contributed by atoms with Crippen molar-refractivity contribution >= 4 is 22.1 Å². The van der Waals surface area contributed by atoms with Crippen LogP contribution >= 0.6 is 0 Å². The lowest BCUT2D eigenvalue weighted by Crippen LogP contribution is -2.01. The minimum absolute atomic E-state index is 0.802. The fraction of sp³-hybridized carbons (Fsp3) is 0. The second-order valence-electron chi connectivity index (χ2n) is 10.6. The zero-order valence-electron chi connectivity index (χ0n) is 23.8. The summed E-state index contributed by atoms with van der Waals surface area (Å²) < 4.78 is 0. The van der Waals surface area contributed by atoms with Crippen molar-refractivity contribution in [3.05, 3.63) is 158 Å². The van der Waals surface area contributed by atoms with Crippen molar-refractivity contribution in [1.82, 2.24) is 19.9 Å². The third kappa shape index (κ3) is 4.59. The highest BCUT2D eigenvalue weighted by Gasteiger charge is 2.24. The van der Waals surface area contributed by atoms with E-state index >= 15 is 0 Å². The Labute approximate surface area is 255 Å². The first-order valence-corrected chi connectivity index (χ1v) is 14.7. The minimum atomic E-state index is 0.802. The molecule has 0 N–H and O–H groups in total. The van der Waals surface area contributed by atoms with E-state index in [1.54, 1.807) is 0 Å². The Morgan fingerprint density at radius 1 is 0.250 bits per heavy atom. The maximum Gasteiger partial charge on any atom is 0.0986 e. The Morgan fingerprint density at radius 3 is 1.11 bits per heavy atom. The summed E-state index contributed by atoms with van der Waals surface area (Å²) in [5.41, 5.74) is 12.7. The summed E-state index contributed by atoms with van der Waals surface area (Å²) in [7, 11) is 0. The van der Waals surface area contributed by atoms with E-state index in [1.165, 1.54) is 0 Å². The lowest BCUT2D eigenvalue weighted by atomic mass is 9.88. The predicted octanol–water partition coefficient (Wildman–Crippen LogP) is 9.91. The summed E-state index contributed by atoms with van der Waals surface area (Å²) >= 11 is 0. The van der Waals surface area contributed by atoms with Gasteiger partial charge in [0, 0.05) is 22.3 Å². The number of para-hydroxylation sites is 4. The van der Waals surface area contributed by atoms with Gasteiger partial charge in [-0.15, -0.1) is 0 Å². The van der Waals surface area contributed by atoms with Gasteiger partial charge in [0.2, 0.25) is 0 Å². The van der Waals surface area contributed by atoms with Crippen LogP contribution in [0.5, 0.6) is 0 Å². The van der Waals surface area contributed by atoms with Gasteiger partial charge in [0.25, 0.3) is 0 Å². The third-order valence-corrected chi connectivity index (χ3v) is 7.88. The molecule has 0 amide bonds. The summed E-state index contributed by atoms with van der Waals surface area (Å²) in [5.74, 6) is 0. The van der Waals surface area contributed by atoms with Crippen LogP contribution in [0.2, 0.25) is 0 Å². The SMILES string of the molecule is c1ccc(-c2cccc(-c3nc4ccccc4nc3-c3ccccc3)c2-c2nc3ccccc3nc2-c2ccccc2)cc1. The Kier molecular flexibility index (Phi) is 6.43. The summed E-state index contributed by atoms with van der Waals surface area (Å²) in [6.07, 6.45) is 0. The first kappa shape index (κ1) is 25.7. The van der Waals surface area contributed by atoms with Gasteiger partial charge in [-0.1, -0.05) is 133 Å². The van der Waals surface area contributed by atoms with Crippen LogP contribution in [-0.4, -0.2) is 19.9 Å². The number of fused-ring (bicyclic) bond motifs is 2. The summed E-state index contributed by atoms with van der Waals surface area (Å²) in [5, 5.41) is 0. The smallest absolute Gasteiger partial charge is 0.0986 e. The molecule has 2 aromatic heterocycles. The average molecular weight is 563 g/mol. The van der Waals surface area contributed by atoms with Gasteiger partial charge in [-0.2, -0.15) is 0 Å². The maximum absolute atomic E-state index is 5.35. The van der Waals surface area contributed by atoms with Crippen LogP contribution in [0.15, 0.2) is 158 Å². The van der Waals surface area contributed by atoms with Gasteiger partial charge in [0.1, 0.15) is 0 Å². The van der Waals surface area contributed by atoms with Gasteiger partial charge in [-0.05, 0) is 35.4 Å². The topological polar surface area (TPSA) is 51.6 Å². The van der Waals surface area contributed by atoms with E-state index in [0.717, 1.165) is 78.2 Å². The second-order valence-corrected chi connectivity index (χ2v) is 10.6. The number of hydrogen-bond acceptors (Lipinski definition) is 4. The molecule has 0 bridgehead atoms. The van der Waals surface area contributed by atoms with Crippen LogP contribution in [0.1, 0.15) is 0 Å². The van der Waals surface area contributed by atoms with Gasteiger partial charge in [-0.25, -0.2) is 19.9 Å². The van der Waals surface area contributed by atoms with E-state index < -0.39 is 0 Å². The van der Waals surface area contributed by atoms with Crippen LogP contribution in [0.25, 0.3) is 78.2 Å². The number of benzene rings is 6. The molecule has 2 heterocycles. The molecule has 0 fully saturated rings. The predicted molar refractivity (Wildman–Crippen MR) is 180 cm³/mol. The van der Waals surface area contributed by atoms with E-state index in [-0.39, 0.29) is 0 Å². The molecule has 0 radical (unpaired) electrons. The normalized spacial score (nSPS) is 11.2. The molecule has 0 unspecified atom stereocenters. The molecular formula is C40H26N4. The molecule has 0 aliphatic heterocycles. The van der Waals surface area contributed by atoms with Gasteiger partial charge >= 0.3 is 0 Å². The lowest BCUT2D eigenvalue weighted by Gasteiger charge is -2.19. The van der Waals surface area contributed by atoms with Crippen LogP contribution < -0.4 is 0 Å². The lowest BCUT2D eigenvalue weighted by molar-refractivity contribution is 1.27. The molecule has 8 rings (SSSR count). The van der Waals surface area contributed by atoms with E-state index in [2.05, 4.69) is 66.7 Å². The van der Waals surface area contributed by atoms with Crippen LogP contribution in [0.4, 0.5) is 0 Å². The Balaban J connectivity index is 1.52. The van der Waals surface area contributed by atoms with E-state index in [0.29, 0.717) is 0 Å². The molecule has 0 aliphatic carbocycles. The minimum Gasteiger partial charge on any atom is -0.244 e. The van der Waals surface area contributed by atoms with Crippen LogP contribution in [0.3, 0.4) is 0 Å². The number of rotatable bonds is 5. The third-order valence-electron chi connectivity index (χ3n) is 7.88. The molecular weight excluding hydrogens is 536 g/mol. The van der Waals surface area contributed by atoms with Crippen molar-refractivity contribution in [3.63, 3.8) is 0 Å². The maximum atomic E-state index is 5.35. The molecule has 206 valence electrons. The molecule has 0 aliphatic rings. The van der Waals surface area contributed by atoms with Crippen molar-refractivity contribution in [2.75, 3.05) is 0 Å². The highest BCUT2D eigenvalue weighted by Crippen LogP contribution is 2.44.